The molecule has 0 heterocycles. The van der Waals surface area contributed by atoms with Gasteiger partial charge in [0.05, 0.1) is 6.07 Å². The van der Waals surface area contributed by atoms with E-state index in [9.17, 15) is 5.26 Å². The number of nitriles is 1. The van der Waals surface area contributed by atoms with Gasteiger partial charge in [-0.3, -0.25) is 0 Å². The molecule has 20 heavy (non-hydrogen) atoms. The van der Waals surface area contributed by atoms with Crippen molar-refractivity contribution in [2.75, 3.05) is 25.5 Å². The first-order valence-electron chi connectivity index (χ1n) is 7.50. The summed E-state index contributed by atoms with van der Waals surface area (Å²) in [5.74, 6) is 0.462. The number of nitrogens with zero attached hydrogens (tertiary/aromatic N) is 2. The summed E-state index contributed by atoms with van der Waals surface area (Å²) in [7, 11) is 4.07. The zero-order valence-corrected chi connectivity index (χ0v) is 12.8. The number of aryl methyl sites for hydroxylation is 1. The molecule has 3 heteroatoms. The maximum Gasteiger partial charge on any atom is 0.109 e. The van der Waals surface area contributed by atoms with Gasteiger partial charge in [-0.05, 0) is 50.8 Å². The number of benzene rings is 1. The first kappa shape index (κ1) is 14.9. The molecule has 0 aromatic heterocycles. The molecule has 2 atom stereocenters. The van der Waals surface area contributed by atoms with E-state index in [4.69, 9.17) is 0 Å². The largest absolute Gasteiger partial charge is 0.374 e. The molecule has 3 nitrogen and oxygen atoms in total. The van der Waals surface area contributed by atoms with Crippen LogP contribution in [0.1, 0.15) is 31.2 Å². The molecule has 2 unspecified atom stereocenters. The van der Waals surface area contributed by atoms with E-state index in [2.05, 4.69) is 54.5 Å². The zero-order valence-electron chi connectivity index (χ0n) is 12.8. The Hall–Kier alpha value is -1.53. The van der Waals surface area contributed by atoms with Crippen LogP contribution in [0.25, 0.3) is 0 Å². The van der Waals surface area contributed by atoms with Crippen LogP contribution in [0.2, 0.25) is 0 Å². The molecule has 0 bridgehead atoms. The van der Waals surface area contributed by atoms with Gasteiger partial charge in [0.25, 0.3) is 0 Å². The molecule has 1 aromatic rings. The lowest BCUT2D eigenvalue weighted by atomic mass is 9.86. The second-order valence-electron chi connectivity index (χ2n) is 5.92. The fraction of sp³-hybridized carbons (Fsp3) is 0.588. The predicted molar refractivity (Wildman–Crippen MR) is 83.8 cm³/mol. The quantitative estimate of drug-likeness (QED) is 0.894. The van der Waals surface area contributed by atoms with Crippen molar-refractivity contribution in [1.82, 2.24) is 5.32 Å². The molecule has 1 aliphatic carbocycles. The van der Waals surface area contributed by atoms with Crippen molar-refractivity contribution in [2.24, 2.45) is 5.92 Å². The van der Waals surface area contributed by atoms with Crippen LogP contribution in [0.5, 0.6) is 0 Å². The molecular formula is C17H25N3. The van der Waals surface area contributed by atoms with E-state index in [1.54, 1.807) is 0 Å². The summed E-state index contributed by atoms with van der Waals surface area (Å²) < 4.78 is 0. The molecule has 1 aliphatic rings. The average molecular weight is 271 g/mol. The van der Waals surface area contributed by atoms with Crippen molar-refractivity contribution in [3.63, 3.8) is 0 Å². The van der Waals surface area contributed by atoms with Gasteiger partial charge < -0.3 is 10.2 Å². The normalized spacial score (nSPS) is 25.4. The van der Waals surface area contributed by atoms with Crippen molar-refractivity contribution in [3.8, 4) is 6.07 Å². The van der Waals surface area contributed by atoms with Crippen LogP contribution in [0, 0.1) is 24.2 Å². The monoisotopic (exact) mass is 271 g/mol. The van der Waals surface area contributed by atoms with Crippen molar-refractivity contribution in [3.05, 3.63) is 29.8 Å². The Bertz CT molecular complexity index is 491. The standard InChI is InChI=1S/C17H25N3/c1-14-7-4-5-9-16(14)20(3)12-10-15-8-6-11-17(15,13-18)19-2/h4-5,7,9,15,19H,6,8,10-12H2,1-3H3. The van der Waals surface area contributed by atoms with Crippen LogP contribution in [-0.2, 0) is 0 Å². The molecule has 0 amide bonds. The Morgan fingerprint density at radius 2 is 2.20 bits per heavy atom. The fourth-order valence-electron chi connectivity index (χ4n) is 3.46. The lowest BCUT2D eigenvalue weighted by molar-refractivity contribution is 0.323. The maximum absolute atomic E-state index is 9.49. The summed E-state index contributed by atoms with van der Waals surface area (Å²) >= 11 is 0. The minimum atomic E-state index is -0.299. The van der Waals surface area contributed by atoms with E-state index in [0.29, 0.717) is 5.92 Å². The first-order valence-corrected chi connectivity index (χ1v) is 7.50. The summed E-state index contributed by atoms with van der Waals surface area (Å²) in [6.45, 7) is 3.15. The Morgan fingerprint density at radius 1 is 1.45 bits per heavy atom. The summed E-state index contributed by atoms with van der Waals surface area (Å²) in [6, 6.07) is 11.0. The van der Waals surface area contributed by atoms with Gasteiger partial charge in [-0.2, -0.15) is 5.26 Å². The minimum Gasteiger partial charge on any atom is -0.374 e. The van der Waals surface area contributed by atoms with Gasteiger partial charge in [0.15, 0.2) is 0 Å². The fourth-order valence-corrected chi connectivity index (χ4v) is 3.46. The first-order chi connectivity index (χ1) is 9.63. The van der Waals surface area contributed by atoms with E-state index in [-0.39, 0.29) is 5.54 Å². The lowest BCUT2D eigenvalue weighted by Gasteiger charge is -2.30. The molecule has 1 fully saturated rings. The number of hydrogen-bond acceptors (Lipinski definition) is 3. The van der Waals surface area contributed by atoms with E-state index in [1.165, 1.54) is 11.3 Å². The van der Waals surface area contributed by atoms with Gasteiger partial charge in [-0.25, -0.2) is 0 Å². The van der Waals surface area contributed by atoms with E-state index >= 15 is 0 Å². The number of para-hydroxylation sites is 1. The second kappa shape index (κ2) is 6.28. The third-order valence-electron chi connectivity index (χ3n) is 4.81. The van der Waals surface area contributed by atoms with Gasteiger partial charge in [0.1, 0.15) is 5.54 Å². The van der Waals surface area contributed by atoms with Crippen LogP contribution in [0.3, 0.4) is 0 Å². The lowest BCUT2D eigenvalue weighted by Crippen LogP contribution is -2.45. The van der Waals surface area contributed by atoms with Crippen LogP contribution < -0.4 is 10.2 Å². The van der Waals surface area contributed by atoms with Crippen LogP contribution in [0.15, 0.2) is 24.3 Å². The van der Waals surface area contributed by atoms with Crippen molar-refractivity contribution in [2.45, 2.75) is 38.1 Å². The van der Waals surface area contributed by atoms with E-state index in [1.807, 2.05) is 7.05 Å². The Kier molecular flexibility index (Phi) is 4.67. The summed E-state index contributed by atoms with van der Waals surface area (Å²) in [4.78, 5) is 2.31. The van der Waals surface area contributed by atoms with Crippen molar-refractivity contribution < 1.29 is 0 Å². The smallest absolute Gasteiger partial charge is 0.109 e. The molecular weight excluding hydrogens is 246 g/mol. The second-order valence-corrected chi connectivity index (χ2v) is 5.92. The van der Waals surface area contributed by atoms with Gasteiger partial charge in [0, 0.05) is 19.3 Å². The topological polar surface area (TPSA) is 39.1 Å². The molecule has 0 saturated heterocycles. The summed E-state index contributed by atoms with van der Waals surface area (Å²) in [5.41, 5.74) is 2.30. The molecule has 108 valence electrons. The van der Waals surface area contributed by atoms with Crippen molar-refractivity contribution in [1.29, 1.82) is 5.26 Å². The Morgan fingerprint density at radius 3 is 2.85 bits per heavy atom. The minimum absolute atomic E-state index is 0.299. The number of nitrogens with one attached hydrogen (secondary N) is 1. The van der Waals surface area contributed by atoms with Crippen LogP contribution in [0.4, 0.5) is 5.69 Å². The predicted octanol–water partition coefficient (Wildman–Crippen LogP) is 3.10. The Balaban J connectivity index is 1.99. The van der Waals surface area contributed by atoms with Gasteiger partial charge in [0.2, 0.25) is 0 Å². The van der Waals surface area contributed by atoms with E-state index in [0.717, 1.165) is 32.2 Å². The van der Waals surface area contributed by atoms with Crippen LogP contribution in [-0.4, -0.2) is 26.2 Å². The van der Waals surface area contributed by atoms with Gasteiger partial charge in [-0.15, -0.1) is 0 Å². The van der Waals surface area contributed by atoms with Crippen molar-refractivity contribution >= 4 is 5.69 Å². The molecule has 0 spiro atoms. The molecule has 0 radical (unpaired) electrons. The summed E-state index contributed by atoms with van der Waals surface area (Å²) in [5, 5.41) is 12.8. The number of hydrogen-bond donors (Lipinski definition) is 1. The molecule has 0 aliphatic heterocycles. The highest BCUT2D eigenvalue weighted by atomic mass is 15.1. The SMILES string of the molecule is CNC1(C#N)CCCC1CCN(C)c1ccccc1C. The highest BCUT2D eigenvalue weighted by molar-refractivity contribution is 5.52. The number of anilines is 1. The highest BCUT2D eigenvalue weighted by Gasteiger charge is 2.41. The zero-order chi connectivity index (χ0) is 14.6. The van der Waals surface area contributed by atoms with Gasteiger partial charge >= 0.3 is 0 Å². The number of rotatable bonds is 5. The Labute approximate surface area is 122 Å². The molecule has 2 rings (SSSR count). The molecule has 1 saturated carbocycles. The van der Waals surface area contributed by atoms with Gasteiger partial charge in [-0.1, -0.05) is 24.6 Å². The van der Waals surface area contributed by atoms with E-state index < -0.39 is 0 Å². The highest BCUT2D eigenvalue weighted by Crippen LogP contribution is 2.37. The third-order valence-corrected chi connectivity index (χ3v) is 4.81. The average Bonchev–Trinajstić information content (AvgIpc) is 2.88. The molecule has 1 N–H and O–H groups in total. The molecule has 1 aromatic carbocycles. The summed E-state index contributed by atoms with van der Waals surface area (Å²) in [6.07, 6.45) is 4.38. The third kappa shape index (κ3) is 2.81. The van der Waals surface area contributed by atoms with Crippen LogP contribution >= 0.6 is 0 Å². The maximum atomic E-state index is 9.49.